The standard InChI is InChI=1S/C53H90O15/c1-3-5-7-9-11-13-15-17-18-19-20-21-22-24-26-28-30-32-34-36-45(56)66-41(38-63-44(55)35-33-31-29-27-25-23-16-14-12-10-8-6-4-2)39-64-52-51(62)49(60)47(58)43(68-52)40-65-53-50(61)48(59)46(57)42(37-54)67-53/h5,7,11,13,17-18,20-21,24,26,41-43,46-54,57-62H,3-4,6,8-10,12,14-16,19,22-23,25,27-40H2,1-2H3/b7-5+,13-11+,18-17+,21-20+,26-24+/t41-,42+,43+,46-,47-,48?,49?,50?,51?,52+,53+/m1/s1. The predicted octanol–water partition coefficient (Wildman–Crippen LogP) is 7.27. The molecule has 2 fully saturated rings. The molecule has 2 heterocycles. The van der Waals surface area contributed by atoms with Gasteiger partial charge >= 0.3 is 11.9 Å². The molecule has 392 valence electrons. The van der Waals surface area contributed by atoms with Crippen LogP contribution >= 0.6 is 0 Å². The lowest BCUT2D eigenvalue weighted by Crippen LogP contribution is -2.61. The fraction of sp³-hybridized carbons (Fsp3) is 0.774. The second-order valence-corrected chi connectivity index (χ2v) is 18.0. The molecule has 2 aliphatic heterocycles. The Morgan fingerprint density at radius 1 is 0.485 bits per heavy atom. The molecule has 0 aromatic heterocycles. The zero-order chi connectivity index (χ0) is 49.6. The van der Waals surface area contributed by atoms with E-state index in [0.29, 0.717) is 12.8 Å². The average Bonchev–Trinajstić information content (AvgIpc) is 3.33. The summed E-state index contributed by atoms with van der Waals surface area (Å²) in [6, 6.07) is 0. The Morgan fingerprint density at radius 2 is 0.926 bits per heavy atom. The van der Waals surface area contributed by atoms with E-state index in [1.165, 1.54) is 57.8 Å². The van der Waals surface area contributed by atoms with Gasteiger partial charge in [0.25, 0.3) is 0 Å². The number of ether oxygens (including phenoxy) is 6. The van der Waals surface area contributed by atoms with Crippen LogP contribution in [0.2, 0.25) is 0 Å². The van der Waals surface area contributed by atoms with E-state index in [1.807, 2.05) is 0 Å². The zero-order valence-corrected chi connectivity index (χ0v) is 41.3. The first-order chi connectivity index (χ1) is 33.0. The molecule has 4 unspecified atom stereocenters. The zero-order valence-electron chi connectivity index (χ0n) is 41.3. The number of aliphatic hydroxyl groups excluding tert-OH is 7. The van der Waals surface area contributed by atoms with Crippen LogP contribution in [-0.2, 0) is 38.0 Å². The van der Waals surface area contributed by atoms with Crippen molar-refractivity contribution in [3.05, 3.63) is 60.8 Å². The number of aliphatic hydroxyl groups is 7. The van der Waals surface area contributed by atoms with Crippen LogP contribution < -0.4 is 0 Å². The van der Waals surface area contributed by atoms with Gasteiger partial charge in [-0.05, 0) is 57.8 Å². The van der Waals surface area contributed by atoms with Crippen LogP contribution in [0.5, 0.6) is 0 Å². The second kappa shape index (κ2) is 39.9. The number of rotatable bonds is 39. The molecule has 15 nitrogen and oxygen atoms in total. The van der Waals surface area contributed by atoms with Crippen molar-refractivity contribution in [2.75, 3.05) is 26.4 Å². The first-order valence-corrected chi connectivity index (χ1v) is 25.9. The minimum Gasteiger partial charge on any atom is -0.462 e. The highest BCUT2D eigenvalue weighted by Crippen LogP contribution is 2.26. The summed E-state index contributed by atoms with van der Waals surface area (Å²) < 4.78 is 33.5. The van der Waals surface area contributed by atoms with E-state index in [9.17, 15) is 45.3 Å². The van der Waals surface area contributed by atoms with Gasteiger partial charge in [-0.2, -0.15) is 0 Å². The Labute approximate surface area is 407 Å². The van der Waals surface area contributed by atoms with Crippen molar-refractivity contribution in [2.45, 2.75) is 235 Å². The van der Waals surface area contributed by atoms with Gasteiger partial charge in [0, 0.05) is 12.8 Å². The number of allylic oxidation sites excluding steroid dienone is 10. The molecule has 7 N–H and O–H groups in total. The number of esters is 2. The van der Waals surface area contributed by atoms with Gasteiger partial charge in [0.1, 0.15) is 55.4 Å². The maximum atomic E-state index is 13.0. The quantitative estimate of drug-likeness (QED) is 0.0183. The molecule has 2 rings (SSSR count). The van der Waals surface area contributed by atoms with E-state index in [-0.39, 0.29) is 19.4 Å². The number of carbonyl (C=O) groups excluding carboxylic acids is 2. The molecule has 0 aromatic rings. The van der Waals surface area contributed by atoms with Crippen molar-refractivity contribution in [3.8, 4) is 0 Å². The Hall–Kier alpha value is -2.80. The van der Waals surface area contributed by atoms with Crippen LogP contribution in [0.25, 0.3) is 0 Å². The summed E-state index contributed by atoms with van der Waals surface area (Å²) in [5.74, 6) is -0.963. The highest BCUT2D eigenvalue weighted by molar-refractivity contribution is 5.70. The molecule has 0 radical (unpaired) electrons. The number of hydrogen-bond acceptors (Lipinski definition) is 15. The summed E-state index contributed by atoms with van der Waals surface area (Å²) >= 11 is 0. The van der Waals surface area contributed by atoms with Gasteiger partial charge in [0.15, 0.2) is 18.7 Å². The number of hydrogen-bond donors (Lipinski definition) is 7. The lowest BCUT2D eigenvalue weighted by atomic mass is 9.98. The van der Waals surface area contributed by atoms with E-state index < -0.39 is 99.3 Å². The Morgan fingerprint density at radius 3 is 1.46 bits per heavy atom. The van der Waals surface area contributed by atoms with Crippen LogP contribution in [-0.4, -0.2) is 142 Å². The summed E-state index contributed by atoms with van der Waals surface area (Å²) in [5.41, 5.74) is 0. The molecule has 68 heavy (non-hydrogen) atoms. The van der Waals surface area contributed by atoms with Crippen LogP contribution in [0, 0.1) is 0 Å². The van der Waals surface area contributed by atoms with Gasteiger partial charge in [-0.15, -0.1) is 0 Å². The Kier molecular flexibility index (Phi) is 36.0. The van der Waals surface area contributed by atoms with E-state index in [0.717, 1.165) is 70.6 Å². The average molecular weight is 967 g/mol. The minimum atomic E-state index is -1.77. The SMILES string of the molecule is CC/C=C/C/C=C/C/C=C/C/C=C/C/C=C/CCCCCC(=O)O[C@H](COC(=O)CCCCCCCCCCCCCCC)CO[C@H]1O[C@@H](CO[C@H]2O[C@@H](CO)[C@@H](O)C(O)C2O)[C@@H](O)C(O)C1O. The van der Waals surface area contributed by atoms with Crippen molar-refractivity contribution in [1.82, 2.24) is 0 Å². The van der Waals surface area contributed by atoms with E-state index in [1.54, 1.807) is 0 Å². The normalized spacial score (nSPS) is 26.2. The van der Waals surface area contributed by atoms with Crippen molar-refractivity contribution >= 4 is 11.9 Å². The Bertz CT molecular complexity index is 1420. The largest absolute Gasteiger partial charge is 0.462 e. The highest BCUT2D eigenvalue weighted by Gasteiger charge is 2.47. The topological polar surface area (TPSA) is 231 Å². The van der Waals surface area contributed by atoms with Crippen LogP contribution in [0.1, 0.15) is 168 Å². The third-order valence-electron chi connectivity index (χ3n) is 12.0. The van der Waals surface area contributed by atoms with Crippen LogP contribution in [0.15, 0.2) is 60.8 Å². The molecule has 2 aliphatic rings. The molecular formula is C53H90O15. The van der Waals surface area contributed by atoms with Crippen molar-refractivity contribution < 1.29 is 73.8 Å². The van der Waals surface area contributed by atoms with E-state index in [2.05, 4.69) is 74.6 Å². The summed E-state index contributed by atoms with van der Waals surface area (Å²) in [4.78, 5) is 25.7. The third kappa shape index (κ3) is 27.6. The smallest absolute Gasteiger partial charge is 0.306 e. The molecule has 15 heteroatoms. The van der Waals surface area contributed by atoms with E-state index >= 15 is 0 Å². The fourth-order valence-corrected chi connectivity index (χ4v) is 7.77. The molecular weight excluding hydrogens is 877 g/mol. The van der Waals surface area contributed by atoms with Gasteiger partial charge in [0.2, 0.25) is 0 Å². The maximum Gasteiger partial charge on any atom is 0.306 e. The molecule has 0 bridgehead atoms. The van der Waals surface area contributed by atoms with Crippen molar-refractivity contribution in [2.24, 2.45) is 0 Å². The molecule has 0 saturated carbocycles. The summed E-state index contributed by atoms with van der Waals surface area (Å²) in [6.07, 6.45) is 28.2. The van der Waals surface area contributed by atoms with Crippen LogP contribution in [0.3, 0.4) is 0 Å². The van der Waals surface area contributed by atoms with Gasteiger partial charge in [-0.1, -0.05) is 158 Å². The monoisotopic (exact) mass is 967 g/mol. The fourth-order valence-electron chi connectivity index (χ4n) is 7.77. The summed E-state index contributed by atoms with van der Waals surface area (Å²) in [6.45, 7) is 2.43. The molecule has 0 aromatic carbocycles. The van der Waals surface area contributed by atoms with Gasteiger partial charge in [0.05, 0.1) is 19.8 Å². The lowest BCUT2D eigenvalue weighted by molar-refractivity contribution is -0.332. The molecule has 0 aliphatic carbocycles. The predicted molar refractivity (Wildman–Crippen MR) is 261 cm³/mol. The molecule has 2 saturated heterocycles. The van der Waals surface area contributed by atoms with Crippen molar-refractivity contribution in [3.63, 3.8) is 0 Å². The first kappa shape index (κ1) is 61.3. The summed E-state index contributed by atoms with van der Waals surface area (Å²) in [5, 5.41) is 72.1. The highest BCUT2D eigenvalue weighted by atomic mass is 16.7. The number of carbonyl (C=O) groups is 2. The van der Waals surface area contributed by atoms with Gasteiger partial charge in [-0.3, -0.25) is 9.59 Å². The molecule has 0 spiro atoms. The second-order valence-electron chi connectivity index (χ2n) is 18.0. The Balaban J connectivity index is 1.83. The summed E-state index contributed by atoms with van der Waals surface area (Å²) in [7, 11) is 0. The van der Waals surface area contributed by atoms with Crippen LogP contribution in [0.4, 0.5) is 0 Å². The van der Waals surface area contributed by atoms with E-state index in [4.69, 9.17) is 28.4 Å². The van der Waals surface area contributed by atoms with Gasteiger partial charge in [-0.25, -0.2) is 0 Å². The number of unbranched alkanes of at least 4 members (excludes halogenated alkanes) is 15. The van der Waals surface area contributed by atoms with Gasteiger partial charge < -0.3 is 64.2 Å². The first-order valence-electron chi connectivity index (χ1n) is 25.9. The van der Waals surface area contributed by atoms with Crippen molar-refractivity contribution in [1.29, 1.82) is 0 Å². The molecule has 11 atom stereocenters. The minimum absolute atomic E-state index is 0.125. The molecule has 0 amide bonds. The third-order valence-corrected chi connectivity index (χ3v) is 12.0. The lowest BCUT2D eigenvalue weighted by Gasteiger charge is -2.42. The maximum absolute atomic E-state index is 13.0.